The number of anilines is 1. The number of benzene rings is 3. The highest BCUT2D eigenvalue weighted by molar-refractivity contribution is 6.31. The van der Waals surface area contributed by atoms with E-state index < -0.39 is 23.0 Å². The Balaban J connectivity index is 1.64. The summed E-state index contributed by atoms with van der Waals surface area (Å²) in [7, 11) is 0. The van der Waals surface area contributed by atoms with Crippen LogP contribution in [0.1, 0.15) is 43.7 Å². The Morgan fingerprint density at radius 2 is 1.77 bits per heavy atom. The van der Waals surface area contributed by atoms with E-state index in [-0.39, 0.29) is 40.7 Å². The summed E-state index contributed by atoms with van der Waals surface area (Å²) in [5, 5.41) is 20.8. The van der Waals surface area contributed by atoms with E-state index in [4.69, 9.17) is 27.1 Å². The topological polar surface area (TPSA) is 116 Å². The van der Waals surface area contributed by atoms with Crippen LogP contribution in [0.5, 0.6) is 11.6 Å². The van der Waals surface area contributed by atoms with Crippen LogP contribution in [0, 0.1) is 39.7 Å². The van der Waals surface area contributed by atoms with Crippen molar-refractivity contribution in [3.8, 4) is 23.8 Å². The summed E-state index contributed by atoms with van der Waals surface area (Å²) < 4.78 is 35.9. The Morgan fingerprint density at radius 3 is 2.48 bits per heavy atom. The van der Waals surface area contributed by atoms with E-state index in [9.17, 15) is 19.7 Å². The number of carbonyl (C=O) groups excluding carboxylic acids is 1. The molecular weight excluding hydrogens is 584 g/mol. The number of carbonyl (C=O) groups is 1. The van der Waals surface area contributed by atoms with Crippen molar-refractivity contribution in [2.24, 2.45) is 11.1 Å². The van der Waals surface area contributed by atoms with E-state index in [1.165, 1.54) is 4.90 Å². The second-order valence-electron chi connectivity index (χ2n) is 11.5. The molecule has 44 heavy (non-hydrogen) atoms. The van der Waals surface area contributed by atoms with Gasteiger partial charge in [0.15, 0.2) is 5.78 Å². The molecule has 0 fully saturated rings. The van der Waals surface area contributed by atoms with Gasteiger partial charge in [0.05, 0.1) is 40.4 Å². The Labute approximate surface area is 257 Å². The molecule has 218 valence electrons. The van der Waals surface area contributed by atoms with Gasteiger partial charge in [-0.25, -0.2) is 13.8 Å². The lowest BCUT2D eigenvalue weighted by atomic mass is 9.68. The minimum absolute atomic E-state index is 0.0478. The molecule has 2 aliphatic rings. The highest BCUT2D eigenvalue weighted by atomic mass is 35.5. The van der Waals surface area contributed by atoms with Crippen molar-refractivity contribution in [3.63, 3.8) is 0 Å². The molecule has 1 aliphatic carbocycles. The summed E-state index contributed by atoms with van der Waals surface area (Å²) in [5.74, 6) is -2.43. The second kappa shape index (κ2) is 10.8. The van der Waals surface area contributed by atoms with Crippen LogP contribution in [0.15, 0.2) is 89.4 Å². The molecule has 0 bridgehead atoms. The van der Waals surface area contributed by atoms with Gasteiger partial charge in [-0.1, -0.05) is 25.4 Å². The number of Topliss-reactive ketones (excluding diaryl/α,β-unsaturated/α-hetero) is 1. The van der Waals surface area contributed by atoms with Gasteiger partial charge in [-0.05, 0) is 72.5 Å². The number of hydrogen-bond acceptors (Lipinski definition) is 7. The lowest BCUT2D eigenvalue weighted by molar-refractivity contribution is -0.118. The first kappa shape index (κ1) is 28.9. The first-order valence-corrected chi connectivity index (χ1v) is 14.1. The molecule has 2 N–H and O–H groups in total. The van der Waals surface area contributed by atoms with Crippen LogP contribution < -0.4 is 15.4 Å². The lowest BCUT2D eigenvalue weighted by Crippen LogP contribution is -2.42. The zero-order valence-electron chi connectivity index (χ0n) is 23.7. The van der Waals surface area contributed by atoms with Crippen LogP contribution in [0.3, 0.4) is 0 Å². The molecule has 0 amide bonds. The molecule has 1 aliphatic heterocycles. The van der Waals surface area contributed by atoms with Gasteiger partial charge in [-0.15, -0.1) is 0 Å². The summed E-state index contributed by atoms with van der Waals surface area (Å²) >= 11 is 6.31. The van der Waals surface area contributed by atoms with Gasteiger partial charge in [0.2, 0.25) is 5.88 Å². The van der Waals surface area contributed by atoms with E-state index in [0.29, 0.717) is 44.9 Å². The minimum atomic E-state index is -1.03. The van der Waals surface area contributed by atoms with Crippen molar-refractivity contribution in [2.75, 3.05) is 4.90 Å². The first-order chi connectivity index (χ1) is 21.0. The SMILES string of the molecule is CC1(C)CC(=O)C2=C(C1)N(c1cc(F)ccc1F)C(N)=C(C#N)C2c1cc2cc(Cl)ccc2nc1Oc1ccc(C#N)cc1. The number of fused-ring (bicyclic) bond motifs is 1. The molecule has 4 aromatic rings. The molecule has 3 aromatic carbocycles. The molecule has 0 radical (unpaired) electrons. The van der Waals surface area contributed by atoms with Gasteiger partial charge in [-0.3, -0.25) is 9.69 Å². The number of hydrogen-bond donors (Lipinski definition) is 1. The molecule has 6 rings (SSSR count). The zero-order valence-corrected chi connectivity index (χ0v) is 24.4. The van der Waals surface area contributed by atoms with Crippen molar-refractivity contribution < 1.29 is 18.3 Å². The number of nitrogens with zero attached hydrogens (tertiary/aromatic N) is 4. The smallest absolute Gasteiger partial charge is 0.224 e. The van der Waals surface area contributed by atoms with Gasteiger partial charge >= 0.3 is 0 Å². The van der Waals surface area contributed by atoms with Gasteiger partial charge in [0, 0.05) is 39.7 Å². The predicted octanol–water partition coefficient (Wildman–Crippen LogP) is 7.77. The van der Waals surface area contributed by atoms with E-state index in [1.807, 2.05) is 13.8 Å². The van der Waals surface area contributed by atoms with Crippen LogP contribution in [-0.2, 0) is 4.79 Å². The summed E-state index contributed by atoms with van der Waals surface area (Å²) in [6, 6.07) is 20.4. The molecule has 2 heterocycles. The molecule has 0 spiro atoms. The van der Waals surface area contributed by atoms with Gasteiger partial charge in [0.25, 0.3) is 0 Å². The Hall–Kier alpha value is -5.25. The van der Waals surface area contributed by atoms with E-state index in [2.05, 4.69) is 12.1 Å². The van der Waals surface area contributed by atoms with Crippen LogP contribution in [0.4, 0.5) is 14.5 Å². The fourth-order valence-electron chi connectivity index (χ4n) is 5.90. The highest BCUT2D eigenvalue weighted by Crippen LogP contribution is 2.52. The fraction of sp³-hybridized carbons (Fsp3) is 0.176. The number of halogens is 3. The summed E-state index contributed by atoms with van der Waals surface area (Å²) in [6.07, 6.45) is 0.442. The molecule has 0 saturated carbocycles. The third-order valence-electron chi connectivity index (χ3n) is 7.81. The highest BCUT2D eigenvalue weighted by Gasteiger charge is 2.46. The number of nitrogens with two attached hydrogens (primary N) is 1. The van der Waals surface area contributed by atoms with E-state index in [1.54, 1.807) is 48.5 Å². The third-order valence-corrected chi connectivity index (χ3v) is 8.04. The Kier molecular flexibility index (Phi) is 7.07. The normalized spacial score (nSPS) is 17.8. The predicted molar refractivity (Wildman–Crippen MR) is 161 cm³/mol. The molecule has 1 atom stereocenters. The van der Waals surface area contributed by atoms with E-state index in [0.717, 1.165) is 18.2 Å². The van der Waals surface area contributed by atoms with Crippen molar-refractivity contribution in [1.82, 2.24) is 4.98 Å². The van der Waals surface area contributed by atoms with Crippen LogP contribution >= 0.6 is 11.6 Å². The quantitative estimate of drug-likeness (QED) is 0.252. The largest absolute Gasteiger partial charge is 0.439 e. The van der Waals surface area contributed by atoms with Crippen LogP contribution in [0.25, 0.3) is 10.9 Å². The molecular formula is C34H24ClF2N5O2. The summed E-state index contributed by atoms with van der Waals surface area (Å²) in [4.78, 5) is 20.1. The maximum absolute atomic E-state index is 15.3. The first-order valence-electron chi connectivity index (χ1n) is 13.7. The second-order valence-corrected chi connectivity index (χ2v) is 12.0. The maximum Gasteiger partial charge on any atom is 0.224 e. The van der Waals surface area contributed by atoms with E-state index >= 15 is 4.39 Å². The van der Waals surface area contributed by atoms with Crippen molar-refractivity contribution >= 4 is 34.0 Å². The van der Waals surface area contributed by atoms with Gasteiger partial charge in [-0.2, -0.15) is 10.5 Å². The number of ketones is 1. The van der Waals surface area contributed by atoms with Crippen LogP contribution in [0.2, 0.25) is 5.02 Å². The van der Waals surface area contributed by atoms with Crippen molar-refractivity contribution in [1.29, 1.82) is 10.5 Å². The van der Waals surface area contributed by atoms with Crippen LogP contribution in [-0.4, -0.2) is 10.8 Å². The average Bonchev–Trinajstić information content (AvgIpc) is 2.98. The molecule has 0 saturated heterocycles. The molecule has 1 unspecified atom stereocenters. The fourth-order valence-corrected chi connectivity index (χ4v) is 6.08. The molecule has 10 heteroatoms. The Bertz CT molecular complexity index is 2020. The van der Waals surface area contributed by atoms with Gasteiger partial charge < -0.3 is 10.5 Å². The minimum Gasteiger partial charge on any atom is -0.439 e. The maximum atomic E-state index is 15.3. The number of allylic oxidation sites excluding steroid dienone is 3. The average molecular weight is 608 g/mol. The number of pyridine rings is 1. The summed E-state index contributed by atoms with van der Waals surface area (Å²) in [5.41, 5.74) is 7.81. The van der Waals surface area contributed by atoms with Gasteiger partial charge in [0.1, 0.15) is 23.2 Å². The summed E-state index contributed by atoms with van der Waals surface area (Å²) in [6.45, 7) is 3.81. The van der Waals surface area contributed by atoms with Crippen molar-refractivity contribution in [2.45, 2.75) is 32.6 Å². The molecule has 7 nitrogen and oxygen atoms in total. The monoisotopic (exact) mass is 607 g/mol. The number of aromatic nitrogens is 1. The zero-order chi connectivity index (χ0) is 31.3. The Morgan fingerprint density at radius 1 is 1.02 bits per heavy atom. The standard InChI is InChI=1S/C34H24ClF2N5O2/c1-34(2)14-28-31(29(43)15-34)30(24(17-39)32(40)42(28)27-13-21(36)6-9-25(27)37)23-12-19-11-20(35)5-10-26(19)41-33(23)44-22-7-3-18(16-38)4-8-22/h3-13,30H,14-15,40H2,1-2H3. The molecule has 1 aromatic heterocycles. The van der Waals surface area contributed by atoms with Crippen molar-refractivity contribution in [3.05, 3.63) is 117 Å². The number of ether oxygens (including phenoxy) is 1. The number of nitriles is 2. The lowest BCUT2D eigenvalue weighted by Gasteiger charge is -2.43. The third kappa shape index (κ3) is 5.02. The number of rotatable bonds is 4.